The molecule has 0 amide bonds. The zero-order valence-corrected chi connectivity index (χ0v) is 7.35. The van der Waals surface area contributed by atoms with E-state index < -0.39 is 0 Å². The van der Waals surface area contributed by atoms with E-state index in [4.69, 9.17) is 0 Å². The Balaban J connectivity index is 2.78. The van der Waals surface area contributed by atoms with Gasteiger partial charge in [0, 0.05) is 11.3 Å². The molecule has 0 aromatic heterocycles. The van der Waals surface area contributed by atoms with Crippen molar-refractivity contribution in [3.05, 3.63) is 29.6 Å². The number of halogens is 1. The molecule has 0 bridgehead atoms. The van der Waals surface area contributed by atoms with Gasteiger partial charge in [-0.05, 0) is 30.2 Å². The first-order valence-corrected chi connectivity index (χ1v) is 4.09. The Morgan fingerprint density at radius 1 is 1.42 bits per heavy atom. The summed E-state index contributed by atoms with van der Waals surface area (Å²) in [6.45, 7) is 0. The molecule has 0 unspecified atom stereocenters. The van der Waals surface area contributed by atoms with Crippen LogP contribution in [0.2, 0.25) is 0 Å². The number of carbonyl (C=O) groups excluding carboxylic acids is 1. The van der Waals surface area contributed by atoms with Gasteiger partial charge in [-0.25, -0.2) is 4.39 Å². The van der Waals surface area contributed by atoms with Gasteiger partial charge >= 0.3 is 0 Å². The van der Waals surface area contributed by atoms with Crippen LogP contribution in [-0.4, -0.2) is 6.29 Å². The van der Waals surface area contributed by atoms with E-state index >= 15 is 0 Å². The summed E-state index contributed by atoms with van der Waals surface area (Å²) in [5.41, 5.74) is 0.812. The number of rotatable bonds is 3. The van der Waals surface area contributed by atoms with E-state index in [-0.39, 0.29) is 5.82 Å². The largest absolute Gasteiger partial charge is 0.303 e. The molecule has 0 saturated carbocycles. The van der Waals surface area contributed by atoms with Crippen LogP contribution in [0.25, 0.3) is 0 Å². The van der Waals surface area contributed by atoms with E-state index in [9.17, 15) is 9.18 Å². The normalized spacial score (nSPS) is 9.83. The van der Waals surface area contributed by atoms with Gasteiger partial charge in [-0.2, -0.15) is 0 Å². The Morgan fingerprint density at radius 3 is 2.75 bits per heavy atom. The molecule has 3 heteroatoms. The topological polar surface area (TPSA) is 17.1 Å². The van der Waals surface area contributed by atoms with E-state index in [1.807, 2.05) is 0 Å². The lowest BCUT2D eigenvalue weighted by Crippen LogP contribution is -1.87. The van der Waals surface area contributed by atoms with E-state index in [2.05, 4.69) is 12.6 Å². The summed E-state index contributed by atoms with van der Waals surface area (Å²) in [6.07, 6.45) is 1.83. The van der Waals surface area contributed by atoms with Crippen LogP contribution < -0.4 is 0 Å². The first kappa shape index (κ1) is 9.26. The fraction of sp³-hybridized carbons (Fsp3) is 0.222. The molecule has 0 radical (unpaired) electrons. The third kappa shape index (κ3) is 2.66. The molecule has 0 fully saturated rings. The lowest BCUT2D eigenvalue weighted by atomic mass is 10.1. The van der Waals surface area contributed by atoms with Crippen LogP contribution in [0.3, 0.4) is 0 Å². The first-order chi connectivity index (χ1) is 5.72. The van der Waals surface area contributed by atoms with Crippen molar-refractivity contribution in [1.29, 1.82) is 0 Å². The summed E-state index contributed by atoms with van der Waals surface area (Å²) in [7, 11) is 0. The minimum absolute atomic E-state index is 0.302. The second kappa shape index (κ2) is 4.26. The lowest BCUT2D eigenvalue weighted by molar-refractivity contribution is -0.107. The molecule has 0 aliphatic rings. The highest BCUT2D eigenvalue weighted by Gasteiger charge is 1.97. The van der Waals surface area contributed by atoms with Gasteiger partial charge in [0.15, 0.2) is 0 Å². The monoisotopic (exact) mass is 184 g/mol. The van der Waals surface area contributed by atoms with Crippen molar-refractivity contribution in [2.75, 3.05) is 0 Å². The average Bonchev–Trinajstić information content (AvgIpc) is 1.99. The average molecular weight is 184 g/mol. The molecule has 0 spiro atoms. The van der Waals surface area contributed by atoms with Gasteiger partial charge in [0.05, 0.1) is 0 Å². The highest BCUT2D eigenvalue weighted by atomic mass is 32.1. The van der Waals surface area contributed by atoms with E-state index in [0.29, 0.717) is 17.7 Å². The van der Waals surface area contributed by atoms with E-state index in [1.54, 1.807) is 6.07 Å². The highest BCUT2D eigenvalue weighted by molar-refractivity contribution is 7.80. The molecular formula is C9H9FOS. The van der Waals surface area contributed by atoms with Gasteiger partial charge < -0.3 is 4.79 Å². The molecule has 1 aromatic carbocycles. The fourth-order valence-electron chi connectivity index (χ4n) is 1.00. The molecule has 0 atom stereocenters. The number of aldehydes is 1. The summed E-state index contributed by atoms with van der Waals surface area (Å²) < 4.78 is 12.7. The summed E-state index contributed by atoms with van der Waals surface area (Å²) in [5, 5.41) is 0. The molecule has 1 rings (SSSR count). The Bertz CT molecular complexity index is 266. The van der Waals surface area contributed by atoms with Crippen LogP contribution in [0.15, 0.2) is 23.1 Å². The molecule has 0 N–H and O–H groups in total. The third-order valence-corrected chi connectivity index (χ3v) is 1.75. The van der Waals surface area contributed by atoms with Crippen molar-refractivity contribution >= 4 is 18.9 Å². The summed E-state index contributed by atoms with van der Waals surface area (Å²) in [4.78, 5) is 10.6. The fourth-order valence-corrected chi connectivity index (χ4v) is 1.29. The summed E-state index contributed by atoms with van der Waals surface area (Å²) >= 11 is 4.02. The predicted molar refractivity (Wildman–Crippen MR) is 48.0 cm³/mol. The SMILES string of the molecule is O=CCCc1cc(F)cc(S)c1. The van der Waals surface area contributed by atoms with Crippen LogP contribution in [0.4, 0.5) is 4.39 Å². The van der Waals surface area contributed by atoms with Crippen LogP contribution in [-0.2, 0) is 11.2 Å². The quantitative estimate of drug-likeness (QED) is 0.563. The van der Waals surface area contributed by atoms with Gasteiger partial charge in [-0.15, -0.1) is 12.6 Å². The molecule has 12 heavy (non-hydrogen) atoms. The second-order valence-electron chi connectivity index (χ2n) is 2.52. The number of hydrogen-bond acceptors (Lipinski definition) is 2. The smallest absolute Gasteiger partial charge is 0.124 e. The van der Waals surface area contributed by atoms with Crippen LogP contribution in [0.5, 0.6) is 0 Å². The van der Waals surface area contributed by atoms with Crippen molar-refractivity contribution in [2.45, 2.75) is 17.7 Å². The number of aryl methyl sites for hydroxylation is 1. The number of carbonyl (C=O) groups is 1. The Hall–Kier alpha value is -0.830. The maximum absolute atomic E-state index is 12.7. The zero-order chi connectivity index (χ0) is 8.97. The predicted octanol–water partition coefficient (Wildman–Crippen LogP) is 2.25. The maximum atomic E-state index is 12.7. The minimum atomic E-state index is -0.302. The Morgan fingerprint density at radius 2 is 2.17 bits per heavy atom. The molecule has 0 heterocycles. The van der Waals surface area contributed by atoms with Crippen LogP contribution in [0, 0.1) is 5.82 Å². The maximum Gasteiger partial charge on any atom is 0.124 e. The van der Waals surface area contributed by atoms with Crippen molar-refractivity contribution in [1.82, 2.24) is 0 Å². The first-order valence-electron chi connectivity index (χ1n) is 3.64. The van der Waals surface area contributed by atoms with E-state index in [1.165, 1.54) is 12.1 Å². The molecular weight excluding hydrogens is 175 g/mol. The third-order valence-electron chi connectivity index (χ3n) is 1.49. The zero-order valence-electron chi connectivity index (χ0n) is 6.46. The molecule has 0 aliphatic carbocycles. The van der Waals surface area contributed by atoms with Crippen molar-refractivity contribution in [3.63, 3.8) is 0 Å². The van der Waals surface area contributed by atoms with Crippen molar-refractivity contribution in [2.24, 2.45) is 0 Å². The molecule has 1 nitrogen and oxygen atoms in total. The van der Waals surface area contributed by atoms with Gasteiger partial charge in [-0.3, -0.25) is 0 Å². The summed E-state index contributed by atoms with van der Waals surface area (Å²) in [5.74, 6) is -0.302. The lowest BCUT2D eigenvalue weighted by Gasteiger charge is -1.99. The number of benzene rings is 1. The van der Waals surface area contributed by atoms with Gasteiger partial charge in [-0.1, -0.05) is 0 Å². The van der Waals surface area contributed by atoms with Gasteiger partial charge in [0.2, 0.25) is 0 Å². The number of thiol groups is 1. The standard InChI is InChI=1S/C9H9FOS/c10-8-4-7(2-1-3-11)5-9(12)6-8/h3-6,12H,1-2H2. The minimum Gasteiger partial charge on any atom is -0.303 e. The van der Waals surface area contributed by atoms with Crippen LogP contribution >= 0.6 is 12.6 Å². The summed E-state index contributed by atoms with van der Waals surface area (Å²) in [6, 6.07) is 4.52. The Labute approximate surface area is 76.0 Å². The molecule has 0 aliphatic heterocycles. The highest BCUT2D eigenvalue weighted by Crippen LogP contribution is 2.13. The number of hydrogen-bond donors (Lipinski definition) is 1. The second-order valence-corrected chi connectivity index (χ2v) is 3.04. The van der Waals surface area contributed by atoms with Crippen molar-refractivity contribution < 1.29 is 9.18 Å². The van der Waals surface area contributed by atoms with Crippen LogP contribution in [0.1, 0.15) is 12.0 Å². The molecule has 64 valence electrons. The van der Waals surface area contributed by atoms with E-state index in [0.717, 1.165) is 11.8 Å². The van der Waals surface area contributed by atoms with Gasteiger partial charge in [0.1, 0.15) is 12.1 Å². The van der Waals surface area contributed by atoms with Crippen molar-refractivity contribution in [3.8, 4) is 0 Å². The Kier molecular flexibility index (Phi) is 3.29. The molecule has 1 aromatic rings. The van der Waals surface area contributed by atoms with Gasteiger partial charge in [0.25, 0.3) is 0 Å². The molecule has 0 saturated heterocycles.